The van der Waals surface area contributed by atoms with Gasteiger partial charge in [-0.3, -0.25) is 4.79 Å². The minimum atomic E-state index is -0.841. The Morgan fingerprint density at radius 3 is 2.49 bits per heavy atom. The molecule has 0 aliphatic rings. The average Bonchev–Trinajstić information content (AvgIpc) is 3.24. The normalized spacial score (nSPS) is 13.1. The molecule has 1 aromatic heterocycles. The molecule has 0 aliphatic heterocycles. The van der Waals surface area contributed by atoms with Crippen LogP contribution in [-0.2, 0) is 29.8 Å². The number of carboxylic acid groups (broad SMARTS) is 1. The van der Waals surface area contributed by atoms with Crippen molar-refractivity contribution in [3.8, 4) is 5.75 Å². The van der Waals surface area contributed by atoms with Crippen LogP contribution < -0.4 is 4.74 Å². The van der Waals surface area contributed by atoms with Gasteiger partial charge < -0.3 is 14.6 Å². The van der Waals surface area contributed by atoms with Gasteiger partial charge in [0, 0.05) is 13.0 Å². The van der Waals surface area contributed by atoms with E-state index in [0.29, 0.717) is 13.2 Å². The van der Waals surface area contributed by atoms with E-state index in [1.54, 1.807) is 18.7 Å². The number of ether oxygens (including phenoxy) is 2. The molecule has 0 amide bonds. The SMILES string of the molecule is COc1ccc(COCc2cc(C(c3ccc4c(nnn4C)c3C)C(C)C(=O)O)ccc2C)cc1. The maximum absolute atomic E-state index is 12.1. The summed E-state index contributed by atoms with van der Waals surface area (Å²) < 4.78 is 13.0. The molecule has 1 N–H and O–H groups in total. The molecule has 0 saturated heterocycles. The number of hydrogen-bond acceptors (Lipinski definition) is 5. The summed E-state index contributed by atoms with van der Waals surface area (Å²) in [6, 6.07) is 17.9. The van der Waals surface area contributed by atoms with Gasteiger partial charge in [-0.15, -0.1) is 5.10 Å². The number of fused-ring (bicyclic) bond motifs is 1. The lowest BCUT2D eigenvalue weighted by molar-refractivity contribution is -0.141. The molecule has 35 heavy (non-hydrogen) atoms. The predicted molar refractivity (Wildman–Crippen MR) is 135 cm³/mol. The quantitative estimate of drug-likeness (QED) is 0.361. The molecule has 2 atom stereocenters. The molecule has 0 fully saturated rings. The van der Waals surface area contributed by atoms with Crippen LogP contribution in [0.1, 0.15) is 46.2 Å². The second-order valence-electron chi connectivity index (χ2n) is 8.99. The summed E-state index contributed by atoms with van der Waals surface area (Å²) in [4.78, 5) is 12.1. The van der Waals surface area contributed by atoms with Crippen LogP contribution in [0.25, 0.3) is 11.0 Å². The maximum Gasteiger partial charge on any atom is 0.307 e. The Morgan fingerprint density at radius 1 is 1.06 bits per heavy atom. The van der Waals surface area contributed by atoms with Crippen LogP contribution in [0.3, 0.4) is 0 Å². The van der Waals surface area contributed by atoms with Crippen molar-refractivity contribution in [3.05, 3.63) is 88.0 Å². The summed E-state index contributed by atoms with van der Waals surface area (Å²) in [5.41, 5.74) is 7.76. The lowest BCUT2D eigenvalue weighted by Gasteiger charge is -2.25. The summed E-state index contributed by atoms with van der Waals surface area (Å²) in [5, 5.41) is 18.4. The molecule has 7 nitrogen and oxygen atoms in total. The topological polar surface area (TPSA) is 86.5 Å². The van der Waals surface area contributed by atoms with Crippen LogP contribution in [-0.4, -0.2) is 33.2 Å². The van der Waals surface area contributed by atoms with Gasteiger partial charge in [0.15, 0.2) is 0 Å². The van der Waals surface area contributed by atoms with Gasteiger partial charge in [0.05, 0.1) is 31.8 Å². The van der Waals surface area contributed by atoms with Crippen molar-refractivity contribution in [3.63, 3.8) is 0 Å². The fourth-order valence-electron chi connectivity index (χ4n) is 4.51. The molecule has 7 heteroatoms. The second kappa shape index (κ2) is 10.3. The van der Waals surface area contributed by atoms with Crippen LogP contribution in [0, 0.1) is 19.8 Å². The van der Waals surface area contributed by atoms with Crippen LogP contribution in [0.2, 0.25) is 0 Å². The van der Waals surface area contributed by atoms with Gasteiger partial charge in [-0.05, 0) is 65.4 Å². The molecular weight excluding hydrogens is 442 g/mol. The van der Waals surface area contributed by atoms with Crippen molar-refractivity contribution >= 4 is 17.0 Å². The first-order chi connectivity index (χ1) is 16.8. The fraction of sp³-hybridized carbons (Fsp3) is 0.321. The molecule has 182 valence electrons. The highest BCUT2D eigenvalue weighted by Gasteiger charge is 2.29. The van der Waals surface area contributed by atoms with E-state index in [4.69, 9.17) is 9.47 Å². The van der Waals surface area contributed by atoms with E-state index in [1.165, 1.54) is 0 Å². The monoisotopic (exact) mass is 473 g/mol. The highest BCUT2D eigenvalue weighted by atomic mass is 16.5. The lowest BCUT2D eigenvalue weighted by Crippen LogP contribution is -2.21. The first-order valence-corrected chi connectivity index (χ1v) is 11.6. The Hall–Kier alpha value is -3.71. The van der Waals surface area contributed by atoms with E-state index >= 15 is 0 Å². The highest BCUT2D eigenvalue weighted by Crippen LogP contribution is 2.37. The third kappa shape index (κ3) is 5.05. The van der Waals surface area contributed by atoms with E-state index in [0.717, 1.165) is 50.2 Å². The van der Waals surface area contributed by atoms with E-state index in [9.17, 15) is 9.90 Å². The number of nitrogens with zero attached hydrogens (tertiary/aromatic N) is 3. The lowest BCUT2D eigenvalue weighted by atomic mass is 9.79. The third-order valence-corrected chi connectivity index (χ3v) is 6.72. The van der Waals surface area contributed by atoms with Crippen molar-refractivity contribution in [2.45, 2.75) is 39.9 Å². The maximum atomic E-state index is 12.1. The average molecular weight is 474 g/mol. The van der Waals surface area contributed by atoms with Crippen LogP contribution >= 0.6 is 0 Å². The molecule has 1 heterocycles. The minimum Gasteiger partial charge on any atom is -0.497 e. The molecule has 0 aliphatic carbocycles. The summed E-state index contributed by atoms with van der Waals surface area (Å²) in [6.07, 6.45) is 0. The number of benzene rings is 3. The number of rotatable bonds is 9. The van der Waals surface area contributed by atoms with Crippen molar-refractivity contribution in [2.24, 2.45) is 13.0 Å². The Kier molecular flexibility index (Phi) is 7.17. The Bertz CT molecular complexity index is 1340. The summed E-state index contributed by atoms with van der Waals surface area (Å²) in [7, 11) is 3.50. The molecule has 0 saturated carbocycles. The zero-order chi connectivity index (χ0) is 25.1. The number of aryl methyl sites for hydroxylation is 3. The van der Waals surface area contributed by atoms with Gasteiger partial charge in [-0.2, -0.15) is 0 Å². The zero-order valence-corrected chi connectivity index (χ0v) is 20.8. The molecule has 4 rings (SSSR count). The molecule has 0 spiro atoms. The Balaban J connectivity index is 1.64. The number of carbonyl (C=O) groups is 1. The molecule has 4 aromatic rings. The zero-order valence-electron chi connectivity index (χ0n) is 20.8. The smallest absolute Gasteiger partial charge is 0.307 e. The second-order valence-corrected chi connectivity index (χ2v) is 8.99. The number of aliphatic carboxylic acids is 1. The molecular formula is C28H31N3O4. The van der Waals surface area contributed by atoms with E-state index in [2.05, 4.69) is 16.4 Å². The van der Waals surface area contributed by atoms with E-state index in [1.807, 2.05) is 69.4 Å². The minimum absolute atomic E-state index is 0.333. The fourth-order valence-corrected chi connectivity index (χ4v) is 4.51. The van der Waals surface area contributed by atoms with Crippen LogP contribution in [0.4, 0.5) is 0 Å². The summed E-state index contributed by atoms with van der Waals surface area (Å²) in [5.74, 6) is -0.990. The van der Waals surface area contributed by atoms with Gasteiger partial charge in [-0.1, -0.05) is 48.5 Å². The largest absolute Gasteiger partial charge is 0.497 e. The summed E-state index contributed by atoms with van der Waals surface area (Å²) >= 11 is 0. The molecule has 0 radical (unpaired) electrons. The number of methoxy groups -OCH3 is 1. The van der Waals surface area contributed by atoms with Crippen molar-refractivity contribution in [1.82, 2.24) is 15.0 Å². The van der Waals surface area contributed by atoms with Crippen LogP contribution in [0.5, 0.6) is 5.75 Å². The van der Waals surface area contributed by atoms with Gasteiger partial charge in [-0.25, -0.2) is 4.68 Å². The first kappa shape index (κ1) is 24.4. The van der Waals surface area contributed by atoms with Crippen molar-refractivity contribution in [1.29, 1.82) is 0 Å². The van der Waals surface area contributed by atoms with Gasteiger partial charge >= 0.3 is 5.97 Å². The van der Waals surface area contributed by atoms with Crippen molar-refractivity contribution < 1.29 is 19.4 Å². The number of aromatic nitrogens is 3. The highest BCUT2D eigenvalue weighted by molar-refractivity contribution is 5.80. The van der Waals surface area contributed by atoms with Crippen molar-refractivity contribution in [2.75, 3.05) is 7.11 Å². The third-order valence-electron chi connectivity index (χ3n) is 6.72. The predicted octanol–water partition coefficient (Wildman–Crippen LogP) is 5.16. The Morgan fingerprint density at radius 2 is 1.80 bits per heavy atom. The number of carboxylic acids is 1. The van der Waals surface area contributed by atoms with Gasteiger partial charge in [0.1, 0.15) is 11.3 Å². The molecule has 0 bridgehead atoms. The van der Waals surface area contributed by atoms with Gasteiger partial charge in [0.2, 0.25) is 0 Å². The Labute approximate surface area is 205 Å². The van der Waals surface area contributed by atoms with Crippen LogP contribution in [0.15, 0.2) is 54.6 Å². The van der Waals surface area contributed by atoms with E-state index in [-0.39, 0.29) is 5.92 Å². The molecule has 2 unspecified atom stereocenters. The van der Waals surface area contributed by atoms with Gasteiger partial charge in [0.25, 0.3) is 0 Å². The molecule has 3 aromatic carbocycles. The van der Waals surface area contributed by atoms with E-state index < -0.39 is 11.9 Å². The first-order valence-electron chi connectivity index (χ1n) is 11.6. The number of hydrogen-bond donors (Lipinski definition) is 1. The standard InChI is InChI=1S/C28H31N3O4/c1-17-6-9-21(14-22(17)16-35-15-20-7-10-23(34-5)11-8-20)26(19(3)28(32)33)24-12-13-25-27(18(24)2)29-30-31(25)4/h6-14,19,26H,15-16H2,1-5H3,(H,32,33). The summed E-state index contributed by atoms with van der Waals surface area (Å²) in [6.45, 7) is 6.70.